The summed E-state index contributed by atoms with van der Waals surface area (Å²) < 4.78 is 16.9. The van der Waals surface area contributed by atoms with Crippen molar-refractivity contribution in [2.45, 2.75) is 226 Å². The highest BCUT2D eigenvalue weighted by molar-refractivity contribution is 5.72. The molecule has 0 amide bonds. The molecule has 3 atom stereocenters. The molecule has 1 fully saturated rings. The number of carbonyl (C=O) groups excluding carboxylic acids is 3. The molecule has 1 aliphatic heterocycles. The van der Waals surface area contributed by atoms with E-state index in [0.29, 0.717) is 44.5 Å². The van der Waals surface area contributed by atoms with Gasteiger partial charge < -0.3 is 19.1 Å². The van der Waals surface area contributed by atoms with Crippen molar-refractivity contribution in [3.63, 3.8) is 0 Å². The van der Waals surface area contributed by atoms with E-state index in [-0.39, 0.29) is 23.8 Å². The Morgan fingerprint density at radius 3 is 1.64 bits per heavy atom. The van der Waals surface area contributed by atoms with Crippen LogP contribution < -0.4 is 0 Å². The largest absolute Gasteiger partial charge is 0.466 e. The Morgan fingerprint density at radius 1 is 0.576 bits per heavy atom. The van der Waals surface area contributed by atoms with Gasteiger partial charge in [0.2, 0.25) is 0 Å². The van der Waals surface area contributed by atoms with Gasteiger partial charge in [0, 0.05) is 19.4 Å². The van der Waals surface area contributed by atoms with E-state index in [1.807, 2.05) is 6.08 Å². The van der Waals surface area contributed by atoms with Crippen LogP contribution in [0.25, 0.3) is 0 Å². The maximum atomic E-state index is 13.2. The van der Waals surface area contributed by atoms with Crippen molar-refractivity contribution in [1.29, 1.82) is 0 Å². The van der Waals surface area contributed by atoms with Crippen LogP contribution in [0.4, 0.5) is 0 Å². The number of nitrogens with zero attached hydrogens (tertiary/aromatic N) is 1. The second kappa shape index (κ2) is 40.8. The molecular weight excluding hydrogens is 735 g/mol. The normalized spacial score (nSPS) is 14.4. The maximum Gasteiger partial charge on any atom is 0.308 e. The Hall–Kier alpha value is -2.55. The summed E-state index contributed by atoms with van der Waals surface area (Å²) in [4.78, 5) is 40.2. The molecule has 7 heteroatoms. The van der Waals surface area contributed by atoms with Gasteiger partial charge in [-0.1, -0.05) is 161 Å². The molecule has 1 heterocycles. The molecule has 0 radical (unpaired) electrons. The Labute approximate surface area is 363 Å². The molecule has 340 valence electrons. The fourth-order valence-corrected chi connectivity index (χ4v) is 8.14. The van der Waals surface area contributed by atoms with Crippen molar-refractivity contribution in [2.75, 3.05) is 39.5 Å². The zero-order valence-electron chi connectivity index (χ0n) is 38.8. The van der Waals surface area contributed by atoms with Crippen LogP contribution in [0.15, 0.2) is 29.8 Å². The van der Waals surface area contributed by atoms with Crippen molar-refractivity contribution in [3.8, 4) is 0 Å². The van der Waals surface area contributed by atoms with Crippen LogP contribution in [-0.2, 0) is 28.6 Å². The average Bonchev–Trinajstić information content (AvgIpc) is 3.23. The van der Waals surface area contributed by atoms with E-state index in [1.54, 1.807) is 0 Å². The van der Waals surface area contributed by atoms with Crippen molar-refractivity contribution in [2.24, 2.45) is 17.8 Å². The lowest BCUT2D eigenvalue weighted by Gasteiger charge is -2.26. The molecule has 1 saturated heterocycles. The molecule has 0 saturated carbocycles. The maximum absolute atomic E-state index is 13.2. The number of likely N-dealkylation sites (tertiary alicyclic amines) is 1. The zero-order chi connectivity index (χ0) is 42.9. The third kappa shape index (κ3) is 34.8. The highest BCUT2D eigenvalue weighted by atomic mass is 16.5. The van der Waals surface area contributed by atoms with Crippen LogP contribution in [0.2, 0.25) is 0 Å². The lowest BCUT2D eigenvalue weighted by atomic mass is 9.94. The van der Waals surface area contributed by atoms with E-state index < -0.39 is 0 Å². The predicted molar refractivity (Wildman–Crippen MR) is 245 cm³/mol. The fourth-order valence-electron chi connectivity index (χ4n) is 8.14. The molecule has 0 bridgehead atoms. The van der Waals surface area contributed by atoms with Gasteiger partial charge in [-0.05, 0) is 108 Å². The first kappa shape index (κ1) is 54.5. The Balaban J connectivity index is 2.25. The van der Waals surface area contributed by atoms with E-state index in [9.17, 15) is 14.4 Å². The monoisotopic (exact) mass is 826 g/mol. The summed E-state index contributed by atoms with van der Waals surface area (Å²) in [5, 5.41) is 0. The number of rotatable bonds is 40. The van der Waals surface area contributed by atoms with Crippen molar-refractivity contribution < 1.29 is 28.6 Å². The van der Waals surface area contributed by atoms with E-state index in [4.69, 9.17) is 14.2 Å². The smallest absolute Gasteiger partial charge is 0.308 e. The lowest BCUT2D eigenvalue weighted by molar-refractivity contribution is -0.149. The van der Waals surface area contributed by atoms with Crippen LogP contribution in [0.1, 0.15) is 226 Å². The minimum absolute atomic E-state index is 0.00410. The number of carbonyl (C=O) groups is 3. The van der Waals surface area contributed by atoms with E-state index in [2.05, 4.69) is 49.4 Å². The summed E-state index contributed by atoms with van der Waals surface area (Å²) in [6, 6.07) is 0. The minimum Gasteiger partial charge on any atom is -0.466 e. The number of esters is 3. The van der Waals surface area contributed by atoms with Gasteiger partial charge in [0.25, 0.3) is 0 Å². The Bertz CT molecular complexity index is 1140. The van der Waals surface area contributed by atoms with Gasteiger partial charge in [-0.3, -0.25) is 14.4 Å². The second-order valence-corrected chi connectivity index (χ2v) is 17.6. The third-order valence-corrected chi connectivity index (χ3v) is 12.1. The van der Waals surface area contributed by atoms with Gasteiger partial charge in [0.05, 0.1) is 25.7 Å². The second-order valence-electron chi connectivity index (χ2n) is 17.6. The molecule has 0 N–H and O–H groups in total. The molecule has 1 rings (SSSR count). The third-order valence-electron chi connectivity index (χ3n) is 12.1. The minimum atomic E-state index is -0.0881. The molecule has 3 unspecified atom stereocenters. The van der Waals surface area contributed by atoms with Gasteiger partial charge in [0.1, 0.15) is 0 Å². The zero-order valence-corrected chi connectivity index (χ0v) is 38.8. The van der Waals surface area contributed by atoms with Crippen LogP contribution in [0, 0.1) is 17.8 Å². The van der Waals surface area contributed by atoms with E-state index in [0.717, 1.165) is 109 Å². The highest BCUT2D eigenvalue weighted by Gasteiger charge is 2.20. The standard InChI is InChI=1S/C52H91NO6/c1-5-8-22-32-47(4)39-45-57-50(54)37-27-19-15-11-13-17-25-35-49(52(56)59-44-31-43-53-41-29-21-30-42-53)36-26-18-14-12-16-20-28-38-51(55)58-46-40-48(33-23-9-6-2)34-24-10-7-3/h33,47-49H,2,5,7-8,10-22,24-32,34-46H2,1,3-4H3. The Morgan fingerprint density at radius 2 is 1.08 bits per heavy atom. The van der Waals surface area contributed by atoms with Crippen molar-refractivity contribution in [1.82, 2.24) is 4.90 Å². The summed E-state index contributed by atoms with van der Waals surface area (Å²) in [5.74, 6) is 0.858. The molecule has 0 aromatic carbocycles. The Kier molecular flexibility index (Phi) is 37.7. The van der Waals surface area contributed by atoms with Crippen LogP contribution in [0.3, 0.4) is 0 Å². The van der Waals surface area contributed by atoms with Gasteiger partial charge in [-0.15, -0.1) is 0 Å². The first-order chi connectivity index (χ1) is 28.9. The highest BCUT2D eigenvalue weighted by Crippen LogP contribution is 2.22. The summed E-state index contributed by atoms with van der Waals surface area (Å²) in [7, 11) is 0. The number of allylic oxidation sites excluding steroid dienone is 1. The van der Waals surface area contributed by atoms with E-state index in [1.165, 1.54) is 103 Å². The predicted octanol–water partition coefficient (Wildman–Crippen LogP) is 14.0. The number of unbranched alkanes of at least 4 members (excludes halogenated alkanes) is 16. The van der Waals surface area contributed by atoms with Crippen LogP contribution >= 0.6 is 0 Å². The van der Waals surface area contributed by atoms with Crippen molar-refractivity contribution in [3.05, 3.63) is 29.8 Å². The number of ether oxygens (including phenoxy) is 3. The van der Waals surface area contributed by atoms with Gasteiger partial charge >= 0.3 is 17.9 Å². The van der Waals surface area contributed by atoms with Gasteiger partial charge in [0.15, 0.2) is 0 Å². The van der Waals surface area contributed by atoms with E-state index >= 15 is 0 Å². The molecule has 0 aromatic rings. The van der Waals surface area contributed by atoms with Crippen LogP contribution in [-0.4, -0.2) is 62.3 Å². The van der Waals surface area contributed by atoms with Gasteiger partial charge in [-0.2, -0.15) is 0 Å². The van der Waals surface area contributed by atoms with Gasteiger partial charge in [-0.25, -0.2) is 0 Å². The topological polar surface area (TPSA) is 82.1 Å². The molecule has 0 spiro atoms. The molecule has 59 heavy (non-hydrogen) atoms. The first-order valence-corrected chi connectivity index (χ1v) is 25.0. The summed E-state index contributed by atoms with van der Waals surface area (Å²) in [5.41, 5.74) is 8.39. The number of hydrogen-bond donors (Lipinski definition) is 0. The van der Waals surface area contributed by atoms with Crippen molar-refractivity contribution >= 4 is 17.9 Å². The molecular formula is C52H91NO6. The summed E-state index contributed by atoms with van der Waals surface area (Å²) in [6.45, 7) is 15.2. The van der Waals surface area contributed by atoms with Crippen LogP contribution in [0.5, 0.6) is 0 Å². The average molecular weight is 826 g/mol. The first-order valence-electron chi connectivity index (χ1n) is 25.0. The fraction of sp³-hybridized carbons (Fsp3) is 0.846. The molecule has 1 aliphatic rings. The lowest BCUT2D eigenvalue weighted by Crippen LogP contribution is -2.31. The summed E-state index contributed by atoms with van der Waals surface area (Å²) in [6.07, 6.45) is 36.5. The molecule has 0 aromatic heterocycles. The SMILES string of the molecule is C=C=C=C=CC(CCCCC)CCOC(=O)CCCCCCCCCC(CCCCCCCCCC(=O)OCCC(C)CCCCC)C(=O)OCCCN1CCCCC1. The number of piperidine rings is 1. The molecule has 7 nitrogen and oxygen atoms in total. The quantitative estimate of drug-likeness (QED) is 0.0263. The summed E-state index contributed by atoms with van der Waals surface area (Å²) >= 11 is 0. The molecule has 0 aliphatic carbocycles. The number of hydrogen-bond acceptors (Lipinski definition) is 7.